The van der Waals surface area contributed by atoms with Crippen molar-refractivity contribution in [3.05, 3.63) is 355 Å². The van der Waals surface area contributed by atoms with Crippen LogP contribution < -0.4 is 0 Å². The van der Waals surface area contributed by atoms with Gasteiger partial charge in [-0.3, -0.25) is 0 Å². The summed E-state index contributed by atoms with van der Waals surface area (Å²) in [5.41, 5.74) is 43.7. The minimum atomic E-state index is -0.950. The molecule has 4 N–H and O–H groups in total. The normalized spacial score (nSPS) is 15.7. The number of hydrogen-bond donors (Lipinski definition) is 4. The van der Waals surface area contributed by atoms with Gasteiger partial charge in [-0.15, -0.1) is 0 Å². The lowest BCUT2D eigenvalue weighted by molar-refractivity contribution is 0.0686. The molecule has 0 saturated heterocycles. The molecule has 14 aromatic rings. The molecule has 0 fully saturated rings. The lowest BCUT2D eigenvalue weighted by Crippen LogP contribution is -2.22. The molecule has 0 saturated carbocycles. The van der Waals surface area contributed by atoms with Crippen LogP contribution in [0.25, 0.3) is 134 Å². The third-order valence-electron chi connectivity index (χ3n) is 26.5. The number of benzene rings is 14. The van der Waals surface area contributed by atoms with Crippen molar-refractivity contribution >= 4 is 23.9 Å². The van der Waals surface area contributed by atoms with E-state index in [9.17, 15) is 39.6 Å². The summed E-state index contributed by atoms with van der Waals surface area (Å²) in [6.07, 6.45) is 2.39. The zero-order valence-electron chi connectivity index (χ0n) is 63.4. The highest BCUT2D eigenvalue weighted by atomic mass is 16.4. The molecule has 14 aromatic carbocycles. The highest BCUT2D eigenvalue weighted by molar-refractivity contribution is 6.00. The fraction of sp³-hybridized carbons (Fsp3) is 0.154. The minimum absolute atomic E-state index is 0.0423. The maximum Gasteiger partial charge on any atom is 0.335 e. The number of carbonyl (C=O) groups is 4. The Balaban J connectivity index is 0.774. The van der Waals surface area contributed by atoms with Crippen LogP contribution >= 0.6 is 0 Å². The molecular weight excluding hydrogens is 1380 g/mol. The maximum atomic E-state index is 12.0. The molecule has 6 aliphatic carbocycles. The second kappa shape index (κ2) is 24.2. The Labute approximate surface area is 650 Å². The topological polar surface area (TPSA) is 149 Å². The van der Waals surface area contributed by atoms with Crippen LogP contribution in [0.1, 0.15) is 175 Å². The van der Waals surface area contributed by atoms with Gasteiger partial charge in [-0.25, -0.2) is 19.2 Å². The smallest absolute Gasteiger partial charge is 0.335 e. The molecule has 6 aliphatic rings. The van der Waals surface area contributed by atoms with E-state index in [1.54, 1.807) is 48.5 Å². The van der Waals surface area contributed by atoms with Crippen molar-refractivity contribution < 1.29 is 39.6 Å². The summed E-state index contributed by atoms with van der Waals surface area (Å²) in [5, 5.41) is 39.1. The van der Waals surface area contributed by atoms with Gasteiger partial charge in [0.1, 0.15) is 0 Å². The van der Waals surface area contributed by atoms with E-state index in [4.69, 9.17) is 0 Å². The third kappa shape index (κ3) is 10.1. The fourth-order valence-corrected chi connectivity index (χ4v) is 20.3. The molecule has 8 nitrogen and oxygen atoms in total. The molecule has 8 heteroatoms. The lowest BCUT2D eigenvalue weighted by atomic mass is 9.65. The number of aromatic carboxylic acids is 4. The van der Waals surface area contributed by atoms with Gasteiger partial charge in [-0.1, -0.05) is 219 Å². The Kier molecular flexibility index (Phi) is 14.8. The summed E-state index contributed by atoms with van der Waals surface area (Å²) < 4.78 is 0. The Morgan fingerprint density at radius 3 is 0.795 bits per heavy atom. The largest absolute Gasteiger partial charge is 0.478 e. The number of carboxylic acids is 4. The zero-order chi connectivity index (χ0) is 77.1. The highest BCUT2D eigenvalue weighted by Gasteiger charge is 2.44. The van der Waals surface area contributed by atoms with Crippen LogP contribution in [0.15, 0.2) is 261 Å². The van der Waals surface area contributed by atoms with Crippen molar-refractivity contribution in [3.8, 4) is 134 Å². The summed E-state index contributed by atoms with van der Waals surface area (Å²) in [6.45, 7) is 18.7. The van der Waals surface area contributed by atoms with Crippen molar-refractivity contribution in [2.45, 2.75) is 102 Å². The molecule has 112 heavy (non-hydrogen) atoms. The lowest BCUT2D eigenvalue weighted by Gasteiger charge is -2.38. The van der Waals surface area contributed by atoms with Crippen LogP contribution in [0, 0.1) is 0 Å². The average Bonchev–Trinajstić information content (AvgIpc) is 0.839. The molecule has 0 spiro atoms. The molecule has 542 valence electrons. The van der Waals surface area contributed by atoms with Crippen molar-refractivity contribution in [2.24, 2.45) is 0 Å². The van der Waals surface area contributed by atoms with E-state index in [-0.39, 0.29) is 44.4 Å². The van der Waals surface area contributed by atoms with E-state index >= 15 is 0 Å². The van der Waals surface area contributed by atoms with Crippen molar-refractivity contribution in [1.29, 1.82) is 0 Å². The van der Waals surface area contributed by atoms with E-state index in [1.165, 1.54) is 156 Å². The summed E-state index contributed by atoms with van der Waals surface area (Å²) in [5.74, 6) is -3.83. The number of hydrogen-bond acceptors (Lipinski definition) is 4. The first-order valence-corrected chi connectivity index (χ1v) is 38.7. The van der Waals surface area contributed by atoms with Gasteiger partial charge in [0.2, 0.25) is 0 Å². The number of carboxylic acid groups (broad SMARTS) is 4. The van der Waals surface area contributed by atoms with Crippen LogP contribution in [0.3, 0.4) is 0 Å². The zero-order valence-corrected chi connectivity index (χ0v) is 63.4. The average molecular weight is 1460 g/mol. The van der Waals surface area contributed by atoms with Crippen LogP contribution in [0.5, 0.6) is 0 Å². The first-order chi connectivity index (χ1) is 53.8. The highest BCUT2D eigenvalue weighted by Crippen LogP contribution is 2.61. The van der Waals surface area contributed by atoms with Gasteiger partial charge in [0.05, 0.1) is 22.3 Å². The first kappa shape index (κ1) is 68.2. The number of fused-ring (bicyclic) bond motifs is 12. The van der Waals surface area contributed by atoms with Gasteiger partial charge in [-0.2, -0.15) is 0 Å². The van der Waals surface area contributed by atoms with Crippen LogP contribution in [0.2, 0.25) is 0 Å². The molecular formula is C104H78O8. The van der Waals surface area contributed by atoms with Crippen molar-refractivity contribution in [2.75, 3.05) is 0 Å². The van der Waals surface area contributed by atoms with Gasteiger partial charge >= 0.3 is 23.9 Å². The molecule has 20 rings (SSSR count). The summed E-state index contributed by atoms with van der Waals surface area (Å²) in [6, 6.07) is 91.9. The summed E-state index contributed by atoms with van der Waals surface area (Å²) >= 11 is 0. The van der Waals surface area contributed by atoms with Crippen LogP contribution in [-0.4, -0.2) is 44.3 Å². The van der Waals surface area contributed by atoms with Crippen molar-refractivity contribution in [3.63, 3.8) is 0 Å². The van der Waals surface area contributed by atoms with Crippen LogP contribution in [0.4, 0.5) is 0 Å². The Morgan fingerprint density at radius 2 is 0.482 bits per heavy atom. The molecule has 0 aliphatic heterocycles. The Morgan fingerprint density at radius 1 is 0.241 bits per heavy atom. The third-order valence-corrected chi connectivity index (χ3v) is 26.5. The maximum absolute atomic E-state index is 12.0. The summed E-state index contributed by atoms with van der Waals surface area (Å²) in [4.78, 5) is 47.8. The van der Waals surface area contributed by atoms with Crippen molar-refractivity contribution in [1.82, 2.24) is 0 Å². The number of rotatable bonds is 12. The molecule has 0 aromatic heterocycles. The second-order valence-electron chi connectivity index (χ2n) is 33.8. The minimum Gasteiger partial charge on any atom is -0.478 e. The van der Waals surface area contributed by atoms with Gasteiger partial charge < -0.3 is 20.4 Å². The van der Waals surface area contributed by atoms with E-state index in [1.807, 2.05) is 48.5 Å². The van der Waals surface area contributed by atoms with Gasteiger partial charge in [-0.05, 0) is 322 Å². The van der Waals surface area contributed by atoms with Crippen LogP contribution in [-0.2, 0) is 40.9 Å². The van der Waals surface area contributed by atoms with E-state index < -0.39 is 29.3 Å². The molecule has 0 amide bonds. The summed E-state index contributed by atoms with van der Waals surface area (Å²) in [7, 11) is 0. The standard InChI is InChI=1S/C104H78O8/c1-101(2)87-45-63(55-9-17-59(18-10-55)97(105)106)25-33-72(87)76-37-29-67(49-91(76)101)71-41-42-81-84(69-31-39-78-74-35-27-65(47-89(74)103(5,6)93(78)51-69)57-13-21-61(22-14-57)99(109)110)54-86-85(70-32-40-79-75-36-28-66(48-90(75)104(7,8)94(79)52-70)58-15-23-62(24-16-58)100(111)112)53-83(82-44-43-80(71)95(81)96(82)86)68-30-38-77-73-34-26-64(46-88(73)102(3,4)92(77)50-68)56-11-19-60(20-12-56)98(107)108/h9-42,45-53,84H,43-44,54H2,1-8H3,(H,105,106)(H,107,108)(H,109,110)(H,111,112). The fourth-order valence-electron chi connectivity index (χ4n) is 20.3. The Hall–Kier alpha value is -13.0. The monoisotopic (exact) mass is 1450 g/mol. The predicted molar refractivity (Wildman–Crippen MR) is 447 cm³/mol. The Bertz CT molecular complexity index is 6560. The van der Waals surface area contributed by atoms with Gasteiger partial charge in [0, 0.05) is 27.6 Å². The predicted octanol–water partition coefficient (Wildman–Crippen LogP) is 24.8. The van der Waals surface area contributed by atoms with E-state index in [0.717, 1.165) is 69.3 Å². The molecule has 1 unspecified atom stereocenters. The molecule has 0 bridgehead atoms. The SMILES string of the molecule is CC1(C)c2cc(-c3ccc(C(=O)O)cc3)ccc2-c2ccc(-c3ccc4c5c3CCc3c(-c6ccc7c(c6)C(C)(C)c6cc(-c8ccc(C(=O)O)cc8)ccc6-7)cc(-c6ccc7c(c6)C(C)(C)c6cc(-c8ccc(C(=O)O)cc8)ccc6-7)c(c3-5)CC4c3ccc4c(c3)C(C)(C)c3cc(-c5ccc(C(=O)O)cc5)ccc3-4)cc21. The quantitative estimate of drug-likeness (QED) is 0.0945. The first-order valence-electron chi connectivity index (χ1n) is 38.7. The van der Waals surface area contributed by atoms with Gasteiger partial charge in [0.25, 0.3) is 0 Å². The molecule has 0 radical (unpaired) electrons. The second-order valence-corrected chi connectivity index (χ2v) is 33.8. The van der Waals surface area contributed by atoms with E-state index in [0.29, 0.717) is 0 Å². The van der Waals surface area contributed by atoms with E-state index in [2.05, 4.69) is 219 Å². The van der Waals surface area contributed by atoms with Gasteiger partial charge in [0.15, 0.2) is 0 Å². The molecule has 1 atom stereocenters. The molecule has 0 heterocycles.